The largest absolute Gasteiger partial charge is 0.401 e. The minimum absolute atomic E-state index is 0. The van der Waals surface area contributed by atoms with Crippen LogP contribution in [0.1, 0.15) is 19.3 Å². The fourth-order valence-corrected chi connectivity index (χ4v) is 2.68. The number of unbranched alkanes of at least 4 members (excludes halogenated alkanes) is 1. The SMILES string of the molecule is C=CCCCN(C)C(=NC)NCC1CCN(CC(F)(F)F)C1.I. The van der Waals surface area contributed by atoms with Crippen molar-refractivity contribution in [3.8, 4) is 0 Å². The lowest BCUT2D eigenvalue weighted by Crippen LogP contribution is -2.42. The number of likely N-dealkylation sites (tertiary alicyclic amines) is 1. The molecule has 0 aromatic carbocycles. The van der Waals surface area contributed by atoms with Gasteiger partial charge in [-0.05, 0) is 31.7 Å². The fourth-order valence-electron chi connectivity index (χ4n) is 2.68. The van der Waals surface area contributed by atoms with Crippen LogP contribution in [0.5, 0.6) is 0 Å². The number of alkyl halides is 3. The van der Waals surface area contributed by atoms with Crippen LogP contribution in [0.2, 0.25) is 0 Å². The van der Waals surface area contributed by atoms with Crippen LogP contribution < -0.4 is 5.32 Å². The molecule has 23 heavy (non-hydrogen) atoms. The van der Waals surface area contributed by atoms with E-state index >= 15 is 0 Å². The molecule has 0 aliphatic carbocycles. The summed E-state index contributed by atoms with van der Waals surface area (Å²) in [6.45, 7) is 5.42. The number of allylic oxidation sites excluding steroid dienone is 1. The van der Waals surface area contributed by atoms with Crippen molar-refractivity contribution in [2.75, 3.05) is 46.8 Å². The Hall–Kier alpha value is -0.510. The number of guanidine groups is 1. The third-order valence-electron chi connectivity index (χ3n) is 3.80. The predicted octanol–water partition coefficient (Wildman–Crippen LogP) is 2.96. The van der Waals surface area contributed by atoms with Crippen molar-refractivity contribution in [2.24, 2.45) is 10.9 Å². The molecule has 0 aromatic heterocycles. The van der Waals surface area contributed by atoms with E-state index in [1.54, 1.807) is 7.05 Å². The van der Waals surface area contributed by atoms with E-state index in [1.807, 2.05) is 18.0 Å². The molecule has 0 amide bonds. The fraction of sp³-hybridized carbons (Fsp3) is 0.800. The minimum Gasteiger partial charge on any atom is -0.356 e. The summed E-state index contributed by atoms with van der Waals surface area (Å²) in [5.74, 6) is 1.03. The van der Waals surface area contributed by atoms with Crippen molar-refractivity contribution in [2.45, 2.75) is 25.4 Å². The number of halogens is 4. The Kier molecular flexibility index (Phi) is 10.9. The lowest BCUT2D eigenvalue weighted by atomic mass is 10.1. The molecule has 1 fully saturated rings. The maximum absolute atomic E-state index is 12.4. The molecule has 0 bridgehead atoms. The summed E-state index contributed by atoms with van der Waals surface area (Å²) in [6.07, 6.45) is 0.529. The number of aliphatic imine (C=N–C) groups is 1. The highest BCUT2D eigenvalue weighted by atomic mass is 127. The van der Waals surface area contributed by atoms with Gasteiger partial charge in [0.15, 0.2) is 5.96 Å². The van der Waals surface area contributed by atoms with Gasteiger partial charge in [-0.1, -0.05) is 6.08 Å². The molecule has 1 N–H and O–H groups in total. The van der Waals surface area contributed by atoms with Crippen LogP contribution in [0.3, 0.4) is 0 Å². The zero-order valence-electron chi connectivity index (χ0n) is 13.9. The van der Waals surface area contributed by atoms with Crippen molar-refractivity contribution in [3.05, 3.63) is 12.7 Å². The van der Waals surface area contributed by atoms with Crippen molar-refractivity contribution in [1.29, 1.82) is 0 Å². The second-order valence-electron chi connectivity index (χ2n) is 5.79. The first-order chi connectivity index (χ1) is 10.4. The van der Waals surface area contributed by atoms with Gasteiger partial charge < -0.3 is 10.2 Å². The van der Waals surface area contributed by atoms with Crippen LogP contribution in [-0.4, -0.2) is 68.8 Å². The highest BCUT2D eigenvalue weighted by molar-refractivity contribution is 14.0. The van der Waals surface area contributed by atoms with Crippen LogP contribution >= 0.6 is 24.0 Å². The van der Waals surface area contributed by atoms with Crippen LogP contribution in [-0.2, 0) is 0 Å². The van der Waals surface area contributed by atoms with Gasteiger partial charge in [0.2, 0.25) is 0 Å². The summed E-state index contributed by atoms with van der Waals surface area (Å²) in [4.78, 5) is 7.73. The number of hydrogen-bond acceptors (Lipinski definition) is 2. The Morgan fingerprint density at radius 3 is 2.74 bits per heavy atom. The topological polar surface area (TPSA) is 30.9 Å². The average Bonchev–Trinajstić information content (AvgIpc) is 2.85. The first-order valence-electron chi connectivity index (χ1n) is 7.67. The van der Waals surface area contributed by atoms with E-state index in [2.05, 4.69) is 16.9 Å². The third-order valence-corrected chi connectivity index (χ3v) is 3.80. The first-order valence-corrected chi connectivity index (χ1v) is 7.67. The molecule has 1 saturated heterocycles. The second kappa shape index (κ2) is 11.1. The molecular formula is C15H28F3IN4. The van der Waals surface area contributed by atoms with E-state index in [1.165, 1.54) is 4.90 Å². The van der Waals surface area contributed by atoms with Crippen LogP contribution in [0.15, 0.2) is 17.6 Å². The van der Waals surface area contributed by atoms with Gasteiger partial charge in [-0.3, -0.25) is 9.89 Å². The van der Waals surface area contributed by atoms with E-state index in [9.17, 15) is 13.2 Å². The van der Waals surface area contributed by atoms with Crippen molar-refractivity contribution in [3.63, 3.8) is 0 Å². The first kappa shape index (κ1) is 22.5. The quantitative estimate of drug-likeness (QED) is 0.214. The van der Waals surface area contributed by atoms with E-state index < -0.39 is 12.7 Å². The normalized spacial score (nSPS) is 19.3. The summed E-state index contributed by atoms with van der Waals surface area (Å²) in [5.41, 5.74) is 0. The molecule has 0 spiro atoms. The zero-order chi connectivity index (χ0) is 16.6. The summed E-state index contributed by atoms with van der Waals surface area (Å²) in [6, 6.07) is 0. The van der Waals surface area contributed by atoms with Crippen LogP contribution in [0, 0.1) is 5.92 Å². The lowest BCUT2D eigenvalue weighted by molar-refractivity contribution is -0.143. The van der Waals surface area contributed by atoms with Crippen LogP contribution in [0.4, 0.5) is 13.2 Å². The summed E-state index contributed by atoms with van der Waals surface area (Å²) >= 11 is 0. The molecule has 1 unspecified atom stereocenters. The van der Waals surface area contributed by atoms with E-state index in [0.717, 1.165) is 31.8 Å². The number of nitrogens with zero attached hydrogens (tertiary/aromatic N) is 3. The van der Waals surface area contributed by atoms with Crippen molar-refractivity contribution in [1.82, 2.24) is 15.1 Å². The Labute approximate surface area is 154 Å². The second-order valence-corrected chi connectivity index (χ2v) is 5.79. The van der Waals surface area contributed by atoms with Gasteiger partial charge in [-0.25, -0.2) is 0 Å². The minimum atomic E-state index is -4.11. The molecule has 1 heterocycles. The van der Waals surface area contributed by atoms with Crippen LogP contribution in [0.25, 0.3) is 0 Å². The molecule has 1 aliphatic heterocycles. The smallest absolute Gasteiger partial charge is 0.356 e. The maximum atomic E-state index is 12.4. The number of nitrogens with one attached hydrogen (secondary N) is 1. The summed E-state index contributed by atoms with van der Waals surface area (Å²) in [5, 5.41) is 3.26. The Balaban J connectivity index is 0.00000484. The molecule has 0 radical (unpaired) electrons. The van der Waals surface area contributed by atoms with Gasteiger partial charge in [0.05, 0.1) is 6.54 Å². The van der Waals surface area contributed by atoms with Gasteiger partial charge in [0.25, 0.3) is 0 Å². The zero-order valence-corrected chi connectivity index (χ0v) is 16.2. The average molecular weight is 448 g/mol. The Bertz CT molecular complexity index is 374. The molecule has 8 heteroatoms. The molecular weight excluding hydrogens is 420 g/mol. The maximum Gasteiger partial charge on any atom is 0.401 e. The van der Waals surface area contributed by atoms with E-state index in [0.29, 0.717) is 19.6 Å². The van der Waals surface area contributed by atoms with Crippen molar-refractivity contribution >= 4 is 29.9 Å². The molecule has 1 aliphatic rings. The predicted molar refractivity (Wildman–Crippen MR) is 99.4 cm³/mol. The molecule has 1 atom stereocenters. The van der Waals surface area contributed by atoms with Gasteiger partial charge >= 0.3 is 6.18 Å². The van der Waals surface area contributed by atoms with Gasteiger partial charge in [-0.15, -0.1) is 30.6 Å². The Morgan fingerprint density at radius 1 is 1.48 bits per heavy atom. The number of rotatable bonds is 7. The highest BCUT2D eigenvalue weighted by Crippen LogP contribution is 2.22. The van der Waals surface area contributed by atoms with Gasteiger partial charge in [-0.2, -0.15) is 13.2 Å². The molecule has 4 nitrogen and oxygen atoms in total. The standard InChI is InChI=1S/C15H27F3N4.HI/c1-4-5-6-8-21(3)14(19-2)20-10-13-7-9-22(11-13)12-15(16,17)18;/h4,13H,1,5-12H2,2-3H3,(H,19,20);1H. The van der Waals surface area contributed by atoms with Crippen molar-refractivity contribution < 1.29 is 13.2 Å². The molecule has 136 valence electrons. The van der Waals surface area contributed by atoms with Gasteiger partial charge in [0.1, 0.15) is 0 Å². The third kappa shape index (κ3) is 9.39. The van der Waals surface area contributed by atoms with E-state index in [-0.39, 0.29) is 29.9 Å². The monoisotopic (exact) mass is 448 g/mol. The number of hydrogen-bond donors (Lipinski definition) is 1. The molecule has 0 aromatic rings. The Morgan fingerprint density at radius 2 is 2.17 bits per heavy atom. The lowest BCUT2D eigenvalue weighted by Gasteiger charge is -2.23. The van der Waals surface area contributed by atoms with Gasteiger partial charge in [0, 0.05) is 33.7 Å². The summed E-state index contributed by atoms with van der Waals surface area (Å²) in [7, 11) is 3.68. The molecule has 0 saturated carbocycles. The summed E-state index contributed by atoms with van der Waals surface area (Å²) < 4.78 is 37.1. The highest BCUT2D eigenvalue weighted by Gasteiger charge is 2.34. The van der Waals surface area contributed by atoms with E-state index in [4.69, 9.17) is 0 Å². The molecule has 1 rings (SSSR count).